The number of nitrogens with one attached hydrogen (secondary N) is 1. The van der Waals surface area contributed by atoms with E-state index < -0.39 is 18.1 Å². The van der Waals surface area contributed by atoms with Gasteiger partial charge in [-0.25, -0.2) is 13.6 Å². The molecule has 3 N–H and O–H groups in total. The van der Waals surface area contributed by atoms with E-state index in [1.165, 1.54) is 6.07 Å². The molecule has 134 valence electrons. The zero-order valence-electron chi connectivity index (χ0n) is 14.3. The number of carbonyl (C=O) groups is 1. The highest BCUT2D eigenvalue weighted by Crippen LogP contribution is 2.33. The molecule has 1 amide bonds. The van der Waals surface area contributed by atoms with Gasteiger partial charge in [0, 0.05) is 36.1 Å². The van der Waals surface area contributed by atoms with Gasteiger partial charge < -0.3 is 20.7 Å². The smallest absolute Gasteiger partial charge is 0.407 e. The van der Waals surface area contributed by atoms with Crippen molar-refractivity contribution in [3.05, 3.63) is 23.8 Å². The number of anilines is 2. The minimum atomic E-state index is -2.59. The number of ether oxygens (including phenoxy) is 1. The Bertz CT molecular complexity index is 588. The Morgan fingerprint density at radius 2 is 2.12 bits per heavy atom. The van der Waals surface area contributed by atoms with E-state index in [0.29, 0.717) is 24.5 Å². The lowest BCUT2D eigenvalue weighted by molar-refractivity contribution is 0.0499. The molecule has 5 nitrogen and oxygen atoms in total. The molecule has 1 aromatic rings. The van der Waals surface area contributed by atoms with Crippen molar-refractivity contribution in [3.8, 4) is 0 Å². The SMILES string of the molecule is CC(C)(C)OC(=O)N[C@@H]1CCCN(c2ccc(N)cc2C(F)F)C1. The first kappa shape index (κ1) is 18.3. The van der Waals surface area contributed by atoms with Crippen LogP contribution in [0.25, 0.3) is 0 Å². The Hall–Kier alpha value is -2.05. The number of hydrogen-bond donors (Lipinski definition) is 2. The quantitative estimate of drug-likeness (QED) is 0.823. The zero-order chi connectivity index (χ0) is 17.9. The molecular formula is C17H25F2N3O2. The van der Waals surface area contributed by atoms with Crippen molar-refractivity contribution in [2.45, 2.75) is 51.7 Å². The topological polar surface area (TPSA) is 67.6 Å². The number of alkyl carbamates (subject to hydrolysis) is 1. The zero-order valence-corrected chi connectivity index (χ0v) is 14.3. The first-order valence-electron chi connectivity index (χ1n) is 8.08. The summed E-state index contributed by atoms with van der Waals surface area (Å²) < 4.78 is 31.8. The predicted octanol–water partition coefficient (Wildman–Crippen LogP) is 3.70. The first-order valence-corrected chi connectivity index (χ1v) is 8.08. The lowest BCUT2D eigenvalue weighted by Crippen LogP contribution is -2.49. The highest BCUT2D eigenvalue weighted by atomic mass is 19.3. The molecule has 1 aliphatic rings. The van der Waals surface area contributed by atoms with Crippen molar-refractivity contribution < 1.29 is 18.3 Å². The molecule has 1 fully saturated rings. The number of nitrogens with two attached hydrogens (primary N) is 1. The normalized spacial score (nSPS) is 18.6. The van der Waals surface area contributed by atoms with Crippen molar-refractivity contribution in [2.75, 3.05) is 23.7 Å². The Morgan fingerprint density at radius 3 is 2.75 bits per heavy atom. The number of hydrogen-bond acceptors (Lipinski definition) is 4. The number of nitrogen functional groups attached to an aromatic ring is 1. The lowest BCUT2D eigenvalue weighted by Gasteiger charge is -2.36. The summed E-state index contributed by atoms with van der Waals surface area (Å²) in [4.78, 5) is 13.8. The van der Waals surface area contributed by atoms with Gasteiger partial charge in [-0.3, -0.25) is 0 Å². The molecule has 0 radical (unpaired) electrons. The average molecular weight is 341 g/mol. The highest BCUT2D eigenvalue weighted by Gasteiger charge is 2.26. The van der Waals surface area contributed by atoms with E-state index in [-0.39, 0.29) is 11.6 Å². The van der Waals surface area contributed by atoms with E-state index >= 15 is 0 Å². The van der Waals surface area contributed by atoms with Crippen LogP contribution in [-0.2, 0) is 4.74 Å². The Labute approximate surface area is 141 Å². The molecule has 24 heavy (non-hydrogen) atoms. The van der Waals surface area contributed by atoms with E-state index in [2.05, 4.69) is 5.32 Å². The maximum atomic E-state index is 13.3. The molecule has 1 aliphatic heterocycles. The molecule has 0 bridgehead atoms. The summed E-state index contributed by atoms with van der Waals surface area (Å²) in [6, 6.07) is 4.40. The van der Waals surface area contributed by atoms with Crippen LogP contribution in [0, 0.1) is 0 Å². The maximum Gasteiger partial charge on any atom is 0.407 e. The largest absolute Gasteiger partial charge is 0.444 e. The summed E-state index contributed by atoms with van der Waals surface area (Å²) in [5, 5.41) is 2.82. The Kier molecular flexibility index (Phi) is 5.51. The van der Waals surface area contributed by atoms with Gasteiger partial charge in [0.2, 0.25) is 0 Å². The summed E-state index contributed by atoms with van der Waals surface area (Å²) in [7, 11) is 0. The molecule has 0 aromatic heterocycles. The summed E-state index contributed by atoms with van der Waals surface area (Å²) in [5.74, 6) is 0. The van der Waals surface area contributed by atoms with E-state index in [4.69, 9.17) is 10.5 Å². The Morgan fingerprint density at radius 1 is 1.42 bits per heavy atom. The van der Waals surface area contributed by atoms with Crippen LogP contribution in [0.15, 0.2) is 18.2 Å². The fraction of sp³-hybridized carbons (Fsp3) is 0.588. The molecule has 1 aromatic carbocycles. The van der Waals surface area contributed by atoms with Gasteiger partial charge in [-0.05, 0) is 51.8 Å². The number of benzene rings is 1. The summed E-state index contributed by atoms with van der Waals surface area (Å²) >= 11 is 0. The summed E-state index contributed by atoms with van der Waals surface area (Å²) in [6.07, 6.45) is -1.49. The van der Waals surface area contributed by atoms with Gasteiger partial charge in [-0.2, -0.15) is 0 Å². The van der Waals surface area contributed by atoms with Crippen LogP contribution >= 0.6 is 0 Å². The molecule has 0 unspecified atom stereocenters. The number of amides is 1. The van der Waals surface area contributed by atoms with E-state index in [1.54, 1.807) is 32.9 Å². The van der Waals surface area contributed by atoms with Crippen molar-refractivity contribution in [1.29, 1.82) is 0 Å². The van der Waals surface area contributed by atoms with Crippen LogP contribution in [0.2, 0.25) is 0 Å². The van der Waals surface area contributed by atoms with Crippen LogP contribution in [0.3, 0.4) is 0 Å². The van der Waals surface area contributed by atoms with Gasteiger partial charge in [0.1, 0.15) is 5.60 Å². The highest BCUT2D eigenvalue weighted by molar-refractivity contribution is 5.68. The van der Waals surface area contributed by atoms with E-state index in [0.717, 1.165) is 12.8 Å². The number of halogens is 2. The first-order chi connectivity index (χ1) is 11.2. The monoisotopic (exact) mass is 341 g/mol. The fourth-order valence-corrected chi connectivity index (χ4v) is 2.82. The van der Waals surface area contributed by atoms with E-state index in [9.17, 15) is 13.6 Å². The summed E-state index contributed by atoms with van der Waals surface area (Å²) in [5.41, 5.74) is 5.76. The van der Waals surface area contributed by atoms with Crippen LogP contribution < -0.4 is 16.0 Å². The molecule has 0 aliphatic carbocycles. The van der Waals surface area contributed by atoms with Crippen LogP contribution in [0.5, 0.6) is 0 Å². The van der Waals surface area contributed by atoms with Crippen molar-refractivity contribution in [1.82, 2.24) is 5.32 Å². The van der Waals surface area contributed by atoms with Crippen LogP contribution in [0.1, 0.15) is 45.6 Å². The van der Waals surface area contributed by atoms with Gasteiger partial charge in [0.05, 0.1) is 0 Å². The molecule has 0 spiro atoms. The van der Waals surface area contributed by atoms with Gasteiger partial charge in [-0.15, -0.1) is 0 Å². The van der Waals surface area contributed by atoms with Crippen LogP contribution in [-0.4, -0.2) is 30.8 Å². The Balaban J connectivity index is 2.07. The molecular weight excluding hydrogens is 316 g/mol. The van der Waals surface area contributed by atoms with Crippen LogP contribution in [0.4, 0.5) is 25.0 Å². The lowest BCUT2D eigenvalue weighted by atomic mass is 10.0. The average Bonchev–Trinajstić information content (AvgIpc) is 2.45. The third-order valence-electron chi connectivity index (χ3n) is 3.77. The number of piperidine rings is 1. The van der Waals surface area contributed by atoms with Crippen molar-refractivity contribution in [2.24, 2.45) is 0 Å². The second-order valence-electron chi connectivity index (χ2n) is 7.05. The number of carbonyl (C=O) groups excluding carboxylic acids is 1. The molecule has 1 heterocycles. The van der Waals surface area contributed by atoms with Gasteiger partial charge in [0.15, 0.2) is 0 Å². The van der Waals surface area contributed by atoms with Crippen molar-refractivity contribution >= 4 is 17.5 Å². The number of nitrogens with zero attached hydrogens (tertiary/aromatic N) is 1. The fourth-order valence-electron chi connectivity index (χ4n) is 2.82. The predicted molar refractivity (Wildman–Crippen MR) is 90.4 cm³/mol. The second-order valence-corrected chi connectivity index (χ2v) is 7.05. The maximum absolute atomic E-state index is 13.3. The third-order valence-corrected chi connectivity index (χ3v) is 3.77. The molecule has 7 heteroatoms. The molecule has 0 saturated carbocycles. The number of rotatable bonds is 3. The number of alkyl halides is 2. The molecule has 2 rings (SSSR count). The van der Waals surface area contributed by atoms with Gasteiger partial charge >= 0.3 is 6.09 Å². The molecule has 1 atom stereocenters. The summed E-state index contributed by atoms with van der Waals surface area (Å²) in [6.45, 7) is 6.51. The van der Waals surface area contributed by atoms with E-state index in [1.807, 2.05) is 4.90 Å². The second kappa shape index (κ2) is 7.23. The standard InChI is InChI=1S/C17H25F2N3O2/c1-17(2,3)24-16(23)21-12-5-4-8-22(10-12)14-7-6-11(20)9-13(14)15(18)19/h6-7,9,12,15H,4-5,8,10,20H2,1-3H3,(H,21,23)/t12-/m1/s1. The van der Waals surface area contributed by atoms with Gasteiger partial charge in [-0.1, -0.05) is 0 Å². The van der Waals surface area contributed by atoms with Gasteiger partial charge in [0.25, 0.3) is 6.43 Å². The third kappa shape index (κ3) is 4.97. The molecule has 1 saturated heterocycles. The van der Waals surface area contributed by atoms with Crippen molar-refractivity contribution in [3.63, 3.8) is 0 Å². The minimum Gasteiger partial charge on any atom is -0.444 e. The minimum absolute atomic E-state index is 0.0760.